The fourth-order valence-electron chi connectivity index (χ4n) is 2.25. The van der Waals surface area contributed by atoms with Gasteiger partial charge in [0.25, 0.3) is 0 Å². The largest absolute Gasteiger partial charge is 0.486 e. The van der Waals surface area contributed by atoms with E-state index in [9.17, 15) is 0 Å². The molecule has 0 aliphatic carbocycles. The molecule has 5 nitrogen and oxygen atoms in total. The van der Waals surface area contributed by atoms with Gasteiger partial charge in [-0.05, 0) is 36.2 Å². The van der Waals surface area contributed by atoms with Crippen molar-refractivity contribution in [1.82, 2.24) is 20.1 Å². The smallest absolute Gasteiger partial charge is 0.164 e. The lowest BCUT2D eigenvalue weighted by Crippen LogP contribution is -2.19. The summed E-state index contributed by atoms with van der Waals surface area (Å²) in [6, 6.07) is 8.25. The van der Waals surface area contributed by atoms with Gasteiger partial charge in [-0.25, -0.2) is 4.98 Å². The third-order valence-electron chi connectivity index (χ3n) is 3.46. The van der Waals surface area contributed by atoms with Crippen LogP contribution in [0.1, 0.15) is 17.8 Å². The highest BCUT2D eigenvalue weighted by atomic mass is 16.5. The lowest BCUT2D eigenvalue weighted by Gasteiger charge is -2.14. The van der Waals surface area contributed by atoms with E-state index in [-0.39, 0.29) is 0 Å². The second-order valence-corrected chi connectivity index (χ2v) is 4.80. The molecule has 1 aliphatic rings. The van der Waals surface area contributed by atoms with Gasteiger partial charge in [0, 0.05) is 13.6 Å². The second kappa shape index (κ2) is 5.88. The second-order valence-electron chi connectivity index (χ2n) is 4.80. The molecule has 0 fully saturated rings. The minimum atomic E-state index is 0.433. The Morgan fingerprint density at radius 3 is 2.80 bits per heavy atom. The first-order chi connectivity index (χ1) is 9.83. The van der Waals surface area contributed by atoms with E-state index >= 15 is 0 Å². The first-order valence-corrected chi connectivity index (χ1v) is 6.79. The van der Waals surface area contributed by atoms with Gasteiger partial charge in [-0.15, -0.1) is 0 Å². The minimum Gasteiger partial charge on any atom is -0.486 e. The molecule has 20 heavy (non-hydrogen) atoms. The van der Waals surface area contributed by atoms with Crippen molar-refractivity contribution in [2.24, 2.45) is 7.05 Å². The van der Waals surface area contributed by atoms with Crippen molar-refractivity contribution in [3.63, 3.8) is 0 Å². The average Bonchev–Trinajstić information content (AvgIpc) is 2.92. The van der Waals surface area contributed by atoms with Crippen LogP contribution in [0.5, 0.6) is 5.75 Å². The maximum atomic E-state index is 5.72. The van der Waals surface area contributed by atoms with Gasteiger partial charge in [0.15, 0.2) is 5.82 Å². The Bertz CT molecular complexity index is 601. The van der Waals surface area contributed by atoms with Gasteiger partial charge in [0.2, 0.25) is 0 Å². The zero-order valence-corrected chi connectivity index (χ0v) is 11.5. The van der Waals surface area contributed by atoms with Crippen LogP contribution in [0.15, 0.2) is 36.7 Å². The van der Waals surface area contributed by atoms with Gasteiger partial charge in [-0.1, -0.05) is 18.2 Å². The summed E-state index contributed by atoms with van der Waals surface area (Å²) in [6.45, 7) is 2.44. The highest BCUT2D eigenvalue weighted by Gasteiger charge is 2.06. The number of benzene rings is 1. The van der Waals surface area contributed by atoms with E-state index in [1.165, 1.54) is 17.5 Å². The zero-order chi connectivity index (χ0) is 13.8. The molecule has 3 rings (SSSR count). The Kier molecular flexibility index (Phi) is 3.78. The molecule has 0 unspecified atom stereocenters. The van der Waals surface area contributed by atoms with E-state index < -0.39 is 0 Å². The van der Waals surface area contributed by atoms with Crippen molar-refractivity contribution in [1.29, 1.82) is 0 Å². The molecule has 1 aliphatic heterocycles. The number of rotatable bonds is 4. The molecule has 2 heterocycles. The molecule has 0 bridgehead atoms. The molecule has 0 amide bonds. The third-order valence-corrected chi connectivity index (χ3v) is 3.46. The lowest BCUT2D eigenvalue weighted by atomic mass is 10.0. The number of hydrogen-bond acceptors (Lipinski definition) is 4. The topological polar surface area (TPSA) is 52.0 Å². The van der Waals surface area contributed by atoms with E-state index in [2.05, 4.69) is 33.6 Å². The Labute approximate surface area is 118 Å². The number of nitrogens with one attached hydrogen (secondary N) is 1. The summed E-state index contributed by atoms with van der Waals surface area (Å²) in [5, 5.41) is 7.34. The number of hydrogen-bond donors (Lipinski definition) is 1. The third kappa shape index (κ3) is 2.88. The van der Waals surface area contributed by atoms with Crippen molar-refractivity contribution in [2.45, 2.75) is 13.0 Å². The van der Waals surface area contributed by atoms with E-state index in [0.29, 0.717) is 6.61 Å². The van der Waals surface area contributed by atoms with Gasteiger partial charge >= 0.3 is 0 Å². The van der Waals surface area contributed by atoms with E-state index in [4.69, 9.17) is 4.74 Å². The first kappa shape index (κ1) is 12.9. The Morgan fingerprint density at radius 2 is 2.15 bits per heavy atom. The van der Waals surface area contributed by atoms with E-state index in [1.54, 1.807) is 4.68 Å². The van der Waals surface area contributed by atoms with Gasteiger partial charge in [0.05, 0.1) is 0 Å². The Hall–Kier alpha value is -2.14. The van der Waals surface area contributed by atoms with Gasteiger partial charge in [-0.2, -0.15) is 5.10 Å². The summed E-state index contributed by atoms with van der Waals surface area (Å²) >= 11 is 0. The van der Waals surface area contributed by atoms with Crippen LogP contribution in [0.3, 0.4) is 0 Å². The van der Waals surface area contributed by atoms with Crippen LogP contribution in [0, 0.1) is 0 Å². The normalized spacial score (nSPS) is 14.9. The van der Waals surface area contributed by atoms with Crippen molar-refractivity contribution in [3.8, 4) is 5.75 Å². The molecule has 0 spiro atoms. The predicted molar refractivity (Wildman–Crippen MR) is 77.2 cm³/mol. The predicted octanol–water partition coefficient (Wildman–Crippen LogP) is 1.77. The number of nitrogens with zero attached hydrogens (tertiary/aromatic N) is 3. The van der Waals surface area contributed by atoms with Gasteiger partial charge < -0.3 is 10.1 Å². The van der Waals surface area contributed by atoms with Crippen LogP contribution < -0.4 is 10.1 Å². The minimum absolute atomic E-state index is 0.433. The summed E-state index contributed by atoms with van der Waals surface area (Å²) < 4.78 is 7.43. The van der Waals surface area contributed by atoms with Crippen molar-refractivity contribution in [2.75, 3.05) is 13.1 Å². The van der Waals surface area contributed by atoms with Gasteiger partial charge in [-0.3, -0.25) is 4.68 Å². The lowest BCUT2D eigenvalue weighted by molar-refractivity contribution is 0.290. The summed E-state index contributed by atoms with van der Waals surface area (Å²) in [6.07, 6.45) is 4.86. The highest BCUT2D eigenvalue weighted by Crippen LogP contribution is 2.22. The maximum Gasteiger partial charge on any atom is 0.164 e. The summed E-state index contributed by atoms with van der Waals surface area (Å²) in [5.41, 5.74) is 2.68. The molecule has 0 radical (unpaired) electrons. The zero-order valence-electron chi connectivity index (χ0n) is 11.5. The van der Waals surface area contributed by atoms with Crippen molar-refractivity contribution < 1.29 is 4.74 Å². The first-order valence-electron chi connectivity index (χ1n) is 6.79. The van der Waals surface area contributed by atoms with Crippen molar-refractivity contribution >= 4 is 5.57 Å². The molecule has 1 N–H and O–H groups in total. The quantitative estimate of drug-likeness (QED) is 0.920. The molecule has 5 heteroatoms. The molecule has 0 saturated carbocycles. The number of ether oxygens (including phenoxy) is 1. The van der Waals surface area contributed by atoms with Gasteiger partial charge in [0.1, 0.15) is 18.7 Å². The van der Waals surface area contributed by atoms with Crippen molar-refractivity contribution in [3.05, 3.63) is 48.1 Å². The average molecular weight is 270 g/mol. The van der Waals surface area contributed by atoms with E-state index in [1.807, 2.05) is 19.2 Å². The fraction of sp³-hybridized carbons (Fsp3) is 0.333. The molecule has 104 valence electrons. The number of aromatic nitrogens is 3. The van der Waals surface area contributed by atoms with Crippen LogP contribution >= 0.6 is 0 Å². The van der Waals surface area contributed by atoms with Crippen LogP contribution in [0.25, 0.3) is 5.57 Å². The standard InChI is InChI=1S/C15H18N4O/c1-19-15(17-11-18-19)10-20-14-4-2-12(3-5-14)13-6-8-16-9-7-13/h2-6,11,16H,7-10H2,1H3. The molecule has 1 aromatic heterocycles. The van der Waals surface area contributed by atoms with E-state index in [0.717, 1.165) is 31.1 Å². The fourth-order valence-corrected chi connectivity index (χ4v) is 2.25. The molecular weight excluding hydrogens is 252 g/mol. The summed E-state index contributed by atoms with van der Waals surface area (Å²) in [7, 11) is 1.86. The maximum absolute atomic E-state index is 5.72. The van der Waals surface area contributed by atoms with Crippen LogP contribution in [-0.2, 0) is 13.7 Å². The molecule has 2 aromatic rings. The molecule has 1 aromatic carbocycles. The van der Waals surface area contributed by atoms with Crippen LogP contribution in [0.4, 0.5) is 0 Å². The number of aryl methyl sites for hydroxylation is 1. The SMILES string of the molecule is Cn1ncnc1COc1ccc(C2=CCNCC2)cc1. The monoisotopic (exact) mass is 270 g/mol. The van der Waals surface area contributed by atoms with Crippen LogP contribution in [-0.4, -0.2) is 27.9 Å². The molecular formula is C15H18N4O. The molecule has 0 atom stereocenters. The molecule has 0 saturated heterocycles. The Balaban J connectivity index is 1.64. The Morgan fingerprint density at radius 1 is 1.30 bits per heavy atom. The highest BCUT2D eigenvalue weighted by molar-refractivity contribution is 5.67. The summed E-state index contributed by atoms with van der Waals surface area (Å²) in [4.78, 5) is 4.13. The van der Waals surface area contributed by atoms with Crippen LogP contribution in [0.2, 0.25) is 0 Å². The summed E-state index contributed by atoms with van der Waals surface area (Å²) in [5.74, 6) is 1.67.